The maximum absolute atomic E-state index is 12.3. The van der Waals surface area contributed by atoms with Gasteiger partial charge in [-0.05, 0) is 37.1 Å². The maximum atomic E-state index is 12.3. The summed E-state index contributed by atoms with van der Waals surface area (Å²) in [6.45, 7) is 1.10. The molecule has 1 saturated heterocycles. The number of benzene rings is 1. The van der Waals surface area contributed by atoms with E-state index in [0.717, 1.165) is 19.3 Å². The van der Waals surface area contributed by atoms with Crippen molar-refractivity contribution in [3.8, 4) is 0 Å². The number of nitrogens with zero attached hydrogens (tertiary/aromatic N) is 1. The first-order valence-corrected chi connectivity index (χ1v) is 8.27. The van der Waals surface area contributed by atoms with Crippen molar-refractivity contribution in [3.05, 3.63) is 24.3 Å². The van der Waals surface area contributed by atoms with Gasteiger partial charge in [-0.3, -0.25) is 0 Å². The van der Waals surface area contributed by atoms with Crippen LogP contribution in [0.4, 0.5) is 0 Å². The van der Waals surface area contributed by atoms with Gasteiger partial charge in [0.2, 0.25) is 10.0 Å². The molecule has 1 N–H and O–H groups in total. The van der Waals surface area contributed by atoms with Crippen LogP contribution in [0.15, 0.2) is 34.1 Å². The van der Waals surface area contributed by atoms with Crippen LogP contribution in [0.2, 0.25) is 0 Å². The number of piperidine rings is 1. The largest absolute Gasteiger partial charge is 0.302 e. The molecule has 1 aliphatic heterocycles. The van der Waals surface area contributed by atoms with Crippen molar-refractivity contribution in [1.29, 1.82) is 0 Å². The lowest BCUT2D eigenvalue weighted by Gasteiger charge is -2.25. The minimum Gasteiger partial charge on any atom is -0.302 e. The molecule has 1 heterocycles. The number of hydrogen-bond donors (Lipinski definition) is 1. The molecule has 1 atom stereocenters. The van der Waals surface area contributed by atoms with E-state index in [9.17, 15) is 12.6 Å². The van der Waals surface area contributed by atoms with E-state index < -0.39 is 21.1 Å². The lowest BCUT2D eigenvalue weighted by molar-refractivity contribution is 0.346. The number of rotatable bonds is 3. The molecule has 2 rings (SSSR count). The van der Waals surface area contributed by atoms with Gasteiger partial charge in [0.15, 0.2) is 11.1 Å². The number of sulfonamides is 1. The van der Waals surface area contributed by atoms with E-state index in [2.05, 4.69) is 0 Å². The third-order valence-electron chi connectivity index (χ3n) is 2.98. The predicted octanol–water partition coefficient (Wildman–Crippen LogP) is 1.44. The molecule has 1 fully saturated rings. The molecule has 0 aromatic heterocycles. The maximum Gasteiger partial charge on any atom is 0.243 e. The molecule has 1 aliphatic rings. The topological polar surface area (TPSA) is 74.7 Å². The molecule has 0 saturated carbocycles. The average Bonchev–Trinajstić information content (AvgIpc) is 2.40. The van der Waals surface area contributed by atoms with Crippen LogP contribution >= 0.6 is 0 Å². The zero-order chi connectivity index (χ0) is 13.2. The first kappa shape index (κ1) is 13.7. The van der Waals surface area contributed by atoms with Crippen molar-refractivity contribution in [2.75, 3.05) is 13.1 Å². The Hall–Kier alpha value is -0.760. The molecule has 0 aliphatic carbocycles. The summed E-state index contributed by atoms with van der Waals surface area (Å²) >= 11 is -2.08. The van der Waals surface area contributed by atoms with Crippen LogP contribution in [0.5, 0.6) is 0 Å². The summed E-state index contributed by atoms with van der Waals surface area (Å²) in [6, 6.07) is 5.50. The smallest absolute Gasteiger partial charge is 0.243 e. The highest BCUT2D eigenvalue weighted by Crippen LogP contribution is 2.21. The summed E-state index contributed by atoms with van der Waals surface area (Å²) in [7, 11) is -3.45. The second-order valence-corrected chi connectivity index (χ2v) is 7.09. The van der Waals surface area contributed by atoms with Gasteiger partial charge >= 0.3 is 0 Å². The molecule has 1 unspecified atom stereocenters. The van der Waals surface area contributed by atoms with Gasteiger partial charge in [-0.2, -0.15) is 4.31 Å². The van der Waals surface area contributed by atoms with Crippen molar-refractivity contribution >= 4 is 21.1 Å². The molecule has 1 aromatic carbocycles. The van der Waals surface area contributed by atoms with Gasteiger partial charge in [0, 0.05) is 13.1 Å². The zero-order valence-corrected chi connectivity index (χ0v) is 11.4. The van der Waals surface area contributed by atoms with E-state index >= 15 is 0 Å². The third kappa shape index (κ3) is 2.80. The molecule has 100 valence electrons. The second-order valence-electron chi connectivity index (χ2n) is 4.19. The molecule has 5 nitrogen and oxygen atoms in total. The van der Waals surface area contributed by atoms with E-state index in [1.165, 1.54) is 28.6 Å². The SMILES string of the molecule is O=S(O)c1ccc(S(=O)(=O)N2CCCCC2)cc1. The Morgan fingerprint density at radius 3 is 2.11 bits per heavy atom. The monoisotopic (exact) mass is 289 g/mol. The van der Waals surface area contributed by atoms with Crippen LogP contribution < -0.4 is 0 Å². The fourth-order valence-corrected chi connectivity index (χ4v) is 3.87. The summed E-state index contributed by atoms with van der Waals surface area (Å²) < 4.78 is 45.7. The van der Waals surface area contributed by atoms with Crippen molar-refractivity contribution < 1.29 is 17.2 Å². The van der Waals surface area contributed by atoms with Crippen LogP contribution in [-0.2, 0) is 21.1 Å². The van der Waals surface area contributed by atoms with E-state index in [4.69, 9.17) is 4.55 Å². The van der Waals surface area contributed by atoms with Gasteiger partial charge in [-0.15, -0.1) is 0 Å². The van der Waals surface area contributed by atoms with Crippen LogP contribution in [-0.4, -0.2) is 34.6 Å². The highest BCUT2D eigenvalue weighted by atomic mass is 32.2. The van der Waals surface area contributed by atoms with Gasteiger partial charge in [0.05, 0.1) is 9.79 Å². The summed E-state index contributed by atoms with van der Waals surface area (Å²) in [5.41, 5.74) is 0. The van der Waals surface area contributed by atoms with Gasteiger partial charge < -0.3 is 4.55 Å². The molecular weight excluding hydrogens is 274 g/mol. The van der Waals surface area contributed by atoms with Crippen LogP contribution in [0.3, 0.4) is 0 Å². The van der Waals surface area contributed by atoms with Crippen molar-refractivity contribution in [2.45, 2.75) is 29.1 Å². The molecular formula is C11H15NO4S2. The minimum atomic E-state index is -3.45. The lowest BCUT2D eigenvalue weighted by atomic mass is 10.2. The molecule has 7 heteroatoms. The van der Waals surface area contributed by atoms with Gasteiger partial charge in [0.1, 0.15) is 0 Å². The molecule has 1 aromatic rings. The fraction of sp³-hybridized carbons (Fsp3) is 0.455. The first-order valence-electron chi connectivity index (χ1n) is 5.73. The first-order chi connectivity index (χ1) is 8.51. The highest BCUT2D eigenvalue weighted by molar-refractivity contribution is 7.89. The fourth-order valence-electron chi connectivity index (χ4n) is 1.98. The average molecular weight is 289 g/mol. The Labute approximate surface area is 109 Å². The normalized spacial score (nSPS) is 19.6. The summed E-state index contributed by atoms with van der Waals surface area (Å²) in [4.78, 5) is 0.381. The highest BCUT2D eigenvalue weighted by Gasteiger charge is 2.25. The van der Waals surface area contributed by atoms with Crippen molar-refractivity contribution in [2.24, 2.45) is 0 Å². The summed E-state index contributed by atoms with van der Waals surface area (Å²) in [6.07, 6.45) is 2.84. The molecule has 0 amide bonds. The van der Waals surface area contributed by atoms with E-state index in [1.807, 2.05) is 0 Å². The Morgan fingerprint density at radius 2 is 1.61 bits per heavy atom. The Kier molecular flexibility index (Phi) is 4.16. The van der Waals surface area contributed by atoms with E-state index in [1.54, 1.807) is 0 Å². The quantitative estimate of drug-likeness (QED) is 0.854. The van der Waals surface area contributed by atoms with Crippen LogP contribution in [0, 0.1) is 0 Å². The lowest BCUT2D eigenvalue weighted by Crippen LogP contribution is -2.35. The molecule has 18 heavy (non-hydrogen) atoms. The molecule has 0 radical (unpaired) electrons. The standard InChI is InChI=1S/C11H15NO4S2/c13-17(14)10-4-6-11(7-5-10)18(15,16)12-8-2-1-3-9-12/h4-7H,1-3,8-9H2,(H,13,14). The molecule has 0 spiro atoms. The van der Waals surface area contributed by atoms with Crippen molar-refractivity contribution in [1.82, 2.24) is 4.31 Å². The van der Waals surface area contributed by atoms with Crippen LogP contribution in [0.1, 0.15) is 19.3 Å². The molecule has 0 bridgehead atoms. The van der Waals surface area contributed by atoms with Gasteiger partial charge in [0.25, 0.3) is 0 Å². The Morgan fingerprint density at radius 1 is 1.06 bits per heavy atom. The predicted molar refractivity (Wildman–Crippen MR) is 68.1 cm³/mol. The van der Waals surface area contributed by atoms with E-state index in [-0.39, 0.29) is 9.79 Å². The summed E-state index contributed by atoms with van der Waals surface area (Å²) in [5, 5.41) is 0. The minimum absolute atomic E-state index is 0.179. The zero-order valence-electron chi connectivity index (χ0n) is 9.78. The number of hydrogen-bond acceptors (Lipinski definition) is 3. The van der Waals surface area contributed by atoms with Crippen molar-refractivity contribution in [3.63, 3.8) is 0 Å². The van der Waals surface area contributed by atoms with Crippen LogP contribution in [0.25, 0.3) is 0 Å². The van der Waals surface area contributed by atoms with Gasteiger partial charge in [-0.1, -0.05) is 6.42 Å². The third-order valence-corrected chi connectivity index (χ3v) is 5.57. The summed E-state index contributed by atoms with van der Waals surface area (Å²) in [5.74, 6) is 0. The van der Waals surface area contributed by atoms with E-state index in [0.29, 0.717) is 13.1 Å². The Bertz CT molecular complexity index is 533. The van der Waals surface area contributed by atoms with Gasteiger partial charge in [-0.25, -0.2) is 12.6 Å². The second kappa shape index (κ2) is 5.48. The Balaban J connectivity index is 2.26.